The normalized spacial score (nSPS) is 12.1. The molecule has 0 aliphatic heterocycles. The summed E-state index contributed by atoms with van der Waals surface area (Å²) in [6.07, 6.45) is 0.0614. The zero-order valence-electron chi connectivity index (χ0n) is 28.8. The lowest BCUT2D eigenvalue weighted by molar-refractivity contribution is -0.140. The highest BCUT2D eigenvalue weighted by molar-refractivity contribution is 7.92. The van der Waals surface area contributed by atoms with E-state index in [1.807, 2.05) is 18.2 Å². The van der Waals surface area contributed by atoms with Crippen LogP contribution in [0.15, 0.2) is 95.9 Å². The van der Waals surface area contributed by atoms with Crippen LogP contribution in [0.25, 0.3) is 0 Å². The van der Waals surface area contributed by atoms with Crippen LogP contribution in [0.4, 0.5) is 10.1 Å². The van der Waals surface area contributed by atoms with Gasteiger partial charge in [0, 0.05) is 35.2 Å². The molecular weight excluding hydrogens is 685 g/mol. The molecule has 0 aliphatic rings. The van der Waals surface area contributed by atoms with E-state index in [4.69, 9.17) is 25.8 Å². The van der Waals surface area contributed by atoms with E-state index in [0.29, 0.717) is 5.75 Å². The molecule has 1 atom stereocenters. The van der Waals surface area contributed by atoms with E-state index < -0.39 is 45.8 Å². The number of hydrogen-bond donors (Lipinski definition) is 1. The zero-order valence-corrected chi connectivity index (χ0v) is 30.3. The van der Waals surface area contributed by atoms with Gasteiger partial charge in [-0.2, -0.15) is 0 Å². The van der Waals surface area contributed by atoms with Crippen molar-refractivity contribution in [1.82, 2.24) is 10.2 Å². The van der Waals surface area contributed by atoms with Gasteiger partial charge in [0.25, 0.3) is 10.0 Å². The molecule has 1 unspecified atom stereocenters. The minimum Gasteiger partial charge on any atom is -0.495 e. The molecule has 4 aromatic carbocycles. The number of amides is 2. The van der Waals surface area contributed by atoms with Crippen LogP contribution in [-0.2, 0) is 32.6 Å². The number of benzene rings is 4. The number of halogens is 2. The fraction of sp³-hybridized carbons (Fsp3) is 0.297. The number of nitrogens with zero attached hydrogens (tertiary/aromatic N) is 2. The maximum absolute atomic E-state index is 15.2. The molecule has 0 fully saturated rings. The van der Waals surface area contributed by atoms with Gasteiger partial charge in [-0.1, -0.05) is 60.1 Å². The van der Waals surface area contributed by atoms with Gasteiger partial charge in [0.1, 0.15) is 24.2 Å². The molecule has 266 valence electrons. The molecule has 50 heavy (non-hydrogen) atoms. The van der Waals surface area contributed by atoms with Crippen molar-refractivity contribution in [2.45, 2.75) is 50.2 Å². The van der Waals surface area contributed by atoms with Gasteiger partial charge < -0.3 is 24.4 Å². The monoisotopic (exact) mass is 725 g/mol. The van der Waals surface area contributed by atoms with E-state index in [1.54, 1.807) is 39.0 Å². The summed E-state index contributed by atoms with van der Waals surface area (Å²) in [5.41, 5.74) is 0.152. The number of hydrogen-bond acceptors (Lipinski definition) is 7. The Bertz CT molecular complexity index is 1920. The Morgan fingerprint density at radius 2 is 1.46 bits per heavy atom. The second-order valence-corrected chi connectivity index (χ2v) is 14.7. The van der Waals surface area contributed by atoms with Crippen molar-refractivity contribution < 1.29 is 36.6 Å². The summed E-state index contributed by atoms with van der Waals surface area (Å²) in [6, 6.07) is 22.2. The van der Waals surface area contributed by atoms with Crippen molar-refractivity contribution in [2.24, 2.45) is 0 Å². The number of methoxy groups -OCH3 is 3. The van der Waals surface area contributed by atoms with Crippen LogP contribution >= 0.6 is 11.6 Å². The number of anilines is 1. The van der Waals surface area contributed by atoms with Crippen molar-refractivity contribution >= 4 is 39.1 Å². The number of carbonyl (C=O) groups excluding carboxylic acids is 2. The quantitative estimate of drug-likeness (QED) is 0.163. The largest absolute Gasteiger partial charge is 0.495 e. The first-order valence-corrected chi connectivity index (χ1v) is 17.5. The Morgan fingerprint density at radius 3 is 2.08 bits per heavy atom. The molecule has 0 bridgehead atoms. The number of rotatable bonds is 14. The lowest BCUT2D eigenvalue weighted by Crippen LogP contribution is -2.56. The van der Waals surface area contributed by atoms with Crippen LogP contribution in [0, 0.1) is 5.82 Å². The first-order chi connectivity index (χ1) is 23.7. The van der Waals surface area contributed by atoms with Gasteiger partial charge in [0.15, 0.2) is 11.5 Å². The Labute approximate surface area is 297 Å². The maximum Gasteiger partial charge on any atom is 0.265 e. The number of carbonyl (C=O) groups is 2. The smallest absolute Gasteiger partial charge is 0.265 e. The maximum atomic E-state index is 15.2. The van der Waals surface area contributed by atoms with Crippen LogP contribution in [0.1, 0.15) is 31.9 Å². The van der Waals surface area contributed by atoms with E-state index in [-0.39, 0.29) is 45.6 Å². The Morgan fingerprint density at radius 1 is 0.840 bits per heavy atom. The predicted molar refractivity (Wildman–Crippen MR) is 191 cm³/mol. The topological polar surface area (TPSA) is 114 Å². The third-order valence-electron chi connectivity index (χ3n) is 7.70. The summed E-state index contributed by atoms with van der Waals surface area (Å²) >= 11 is 6.37. The Kier molecular flexibility index (Phi) is 12.4. The molecular formula is C37H41ClFN3O7S. The van der Waals surface area contributed by atoms with Gasteiger partial charge in [0.2, 0.25) is 11.8 Å². The molecule has 10 nitrogen and oxygen atoms in total. The minimum absolute atomic E-state index is 0.0345. The highest BCUT2D eigenvalue weighted by atomic mass is 35.5. The second-order valence-electron chi connectivity index (χ2n) is 12.4. The molecule has 4 aromatic rings. The minimum atomic E-state index is -4.57. The molecule has 0 saturated carbocycles. The van der Waals surface area contributed by atoms with Gasteiger partial charge in [-0.15, -0.1) is 0 Å². The van der Waals surface area contributed by atoms with Crippen LogP contribution in [0.5, 0.6) is 17.2 Å². The molecule has 13 heteroatoms. The molecule has 2 amide bonds. The molecule has 0 aromatic heterocycles. The molecule has 0 spiro atoms. The van der Waals surface area contributed by atoms with Crippen molar-refractivity contribution in [3.05, 3.63) is 113 Å². The summed E-state index contributed by atoms with van der Waals surface area (Å²) < 4.78 is 61.3. The van der Waals surface area contributed by atoms with E-state index >= 15 is 4.39 Å². The van der Waals surface area contributed by atoms with Crippen molar-refractivity contribution in [2.75, 3.05) is 32.2 Å². The average molecular weight is 726 g/mol. The Balaban J connectivity index is 1.90. The molecule has 0 aliphatic carbocycles. The molecule has 4 rings (SSSR count). The third kappa shape index (κ3) is 9.25. The second kappa shape index (κ2) is 16.3. The molecule has 0 heterocycles. The molecule has 1 N–H and O–H groups in total. The predicted octanol–water partition coefficient (Wildman–Crippen LogP) is 6.26. The number of nitrogens with one attached hydrogen (secondary N) is 1. The van der Waals surface area contributed by atoms with Gasteiger partial charge >= 0.3 is 0 Å². The fourth-order valence-corrected chi connectivity index (χ4v) is 6.89. The van der Waals surface area contributed by atoms with Crippen LogP contribution in [-0.4, -0.2) is 64.6 Å². The summed E-state index contributed by atoms with van der Waals surface area (Å²) in [6.45, 7) is 4.26. The SMILES string of the molecule is COc1ccc(S(=O)(=O)N(CC(=O)N(Cc2ccccc2F)C(Cc2ccccc2)C(=O)NC(C)(C)C)c2cc(Cl)ccc2OC)cc1OC. The lowest BCUT2D eigenvalue weighted by atomic mass is 10.0. The summed E-state index contributed by atoms with van der Waals surface area (Å²) in [5.74, 6) is -1.34. The fourth-order valence-electron chi connectivity index (χ4n) is 5.29. The first kappa shape index (κ1) is 38.0. The van der Waals surface area contributed by atoms with E-state index in [9.17, 15) is 18.0 Å². The zero-order chi connectivity index (χ0) is 36.6. The standard InChI is InChI=1S/C37H41ClFN3O7S/c1-37(2,3)40-36(44)31(20-25-12-8-7-9-13-25)41(23-26-14-10-11-15-29(26)39)35(43)24-42(30-21-27(38)16-18-32(30)47-4)50(45,46)28-17-19-33(48-5)34(22-28)49-6/h7-19,21-22,31H,20,23-24H2,1-6H3,(H,40,44). The van der Waals surface area contributed by atoms with Crippen LogP contribution in [0.2, 0.25) is 5.02 Å². The highest BCUT2D eigenvalue weighted by Gasteiger charge is 2.37. The summed E-state index contributed by atoms with van der Waals surface area (Å²) in [5, 5.41) is 3.12. The van der Waals surface area contributed by atoms with Crippen molar-refractivity contribution in [3.8, 4) is 17.2 Å². The molecule has 0 saturated heterocycles. The summed E-state index contributed by atoms with van der Waals surface area (Å²) in [4.78, 5) is 29.8. The highest BCUT2D eigenvalue weighted by Crippen LogP contribution is 2.37. The van der Waals surface area contributed by atoms with Crippen molar-refractivity contribution in [3.63, 3.8) is 0 Å². The van der Waals surface area contributed by atoms with Gasteiger partial charge in [-0.3, -0.25) is 13.9 Å². The number of sulfonamides is 1. The van der Waals surface area contributed by atoms with Crippen LogP contribution in [0.3, 0.4) is 0 Å². The van der Waals surface area contributed by atoms with Crippen LogP contribution < -0.4 is 23.8 Å². The first-order valence-electron chi connectivity index (χ1n) is 15.7. The Hall–Kier alpha value is -4.81. The lowest BCUT2D eigenvalue weighted by Gasteiger charge is -2.35. The van der Waals surface area contributed by atoms with Gasteiger partial charge in [-0.25, -0.2) is 12.8 Å². The number of ether oxygens (including phenoxy) is 3. The van der Waals surface area contributed by atoms with E-state index in [1.165, 1.54) is 80.8 Å². The van der Waals surface area contributed by atoms with Crippen molar-refractivity contribution in [1.29, 1.82) is 0 Å². The van der Waals surface area contributed by atoms with Gasteiger partial charge in [-0.05, 0) is 62.7 Å². The van der Waals surface area contributed by atoms with Gasteiger partial charge in [0.05, 0.1) is 31.9 Å². The third-order valence-corrected chi connectivity index (χ3v) is 9.69. The molecule has 0 radical (unpaired) electrons. The average Bonchev–Trinajstić information content (AvgIpc) is 3.08. The van der Waals surface area contributed by atoms with E-state index in [0.717, 1.165) is 9.87 Å². The van der Waals surface area contributed by atoms with E-state index in [2.05, 4.69) is 5.32 Å². The summed E-state index contributed by atoms with van der Waals surface area (Å²) in [7, 11) is -0.430.